The predicted octanol–water partition coefficient (Wildman–Crippen LogP) is 0.958. The second kappa shape index (κ2) is 5.17. The number of nitrogens with one attached hydrogen (secondary N) is 1. The van der Waals surface area contributed by atoms with Crippen LogP contribution < -0.4 is 10.5 Å². The number of hydrogen-bond acceptors (Lipinski definition) is 4. The van der Waals surface area contributed by atoms with E-state index in [2.05, 4.69) is 9.82 Å². The maximum atomic E-state index is 13.1. The lowest BCUT2D eigenvalue weighted by Crippen LogP contribution is -2.15. The van der Waals surface area contributed by atoms with Gasteiger partial charge in [-0.2, -0.15) is 5.10 Å². The van der Waals surface area contributed by atoms with E-state index in [9.17, 15) is 17.2 Å². The molecule has 0 fully saturated rings. The van der Waals surface area contributed by atoms with Gasteiger partial charge in [-0.3, -0.25) is 9.40 Å². The molecule has 0 aliphatic rings. The van der Waals surface area contributed by atoms with Crippen LogP contribution in [0.15, 0.2) is 29.3 Å². The Kier molecular flexibility index (Phi) is 3.73. The molecule has 0 spiro atoms. The first-order valence-corrected chi connectivity index (χ1v) is 7.02. The smallest absolute Gasteiger partial charge is 0.263 e. The minimum absolute atomic E-state index is 0.0553. The van der Waals surface area contributed by atoms with Crippen LogP contribution in [-0.2, 0) is 23.6 Å². The van der Waals surface area contributed by atoms with E-state index >= 15 is 0 Å². The van der Waals surface area contributed by atoms with Crippen LogP contribution in [0.5, 0.6) is 0 Å². The maximum Gasteiger partial charge on any atom is 0.263 e. The van der Waals surface area contributed by atoms with Gasteiger partial charge in [0.05, 0.1) is 4.90 Å². The number of halogens is 2. The molecular formula is C11H12F2N4O2S. The summed E-state index contributed by atoms with van der Waals surface area (Å²) in [6, 6.07) is 2.31. The number of sulfonamides is 1. The van der Waals surface area contributed by atoms with Gasteiger partial charge in [-0.25, -0.2) is 17.2 Å². The Morgan fingerprint density at radius 2 is 2.05 bits per heavy atom. The summed E-state index contributed by atoms with van der Waals surface area (Å²) in [6.45, 7) is 0.0868. The molecule has 20 heavy (non-hydrogen) atoms. The second-order valence-electron chi connectivity index (χ2n) is 4.06. The van der Waals surface area contributed by atoms with E-state index < -0.39 is 26.6 Å². The van der Waals surface area contributed by atoms with Gasteiger partial charge in [-0.05, 0) is 18.2 Å². The van der Waals surface area contributed by atoms with Gasteiger partial charge >= 0.3 is 0 Å². The third-order valence-electron chi connectivity index (χ3n) is 2.56. The average Bonchev–Trinajstić information content (AvgIpc) is 2.72. The zero-order valence-electron chi connectivity index (χ0n) is 10.5. The highest BCUT2D eigenvalue weighted by atomic mass is 32.2. The Hall–Kier alpha value is -2.00. The molecule has 0 radical (unpaired) electrons. The molecule has 0 bridgehead atoms. The van der Waals surface area contributed by atoms with Crippen LogP contribution in [0.4, 0.5) is 14.6 Å². The van der Waals surface area contributed by atoms with Gasteiger partial charge in [0, 0.05) is 25.4 Å². The summed E-state index contributed by atoms with van der Waals surface area (Å²) in [5, 5.41) is 3.91. The van der Waals surface area contributed by atoms with E-state index in [1.54, 1.807) is 13.2 Å². The molecule has 0 atom stereocenters. The molecule has 0 unspecified atom stereocenters. The van der Waals surface area contributed by atoms with E-state index in [1.165, 1.54) is 4.68 Å². The van der Waals surface area contributed by atoms with Crippen LogP contribution in [-0.4, -0.2) is 18.2 Å². The van der Waals surface area contributed by atoms with Crippen molar-refractivity contribution in [3.8, 4) is 0 Å². The first kappa shape index (κ1) is 14.4. The molecule has 108 valence electrons. The molecule has 2 aromatic rings. The molecule has 3 N–H and O–H groups in total. The Morgan fingerprint density at radius 3 is 2.65 bits per heavy atom. The molecule has 0 saturated heterocycles. The standard InChI is InChI=1S/C11H12F2N4O2S/c1-17-6-7(5-14)11(15-17)16-20(18,19)8-2-3-9(12)10(13)4-8/h2-4,6H,5,14H2,1H3,(H,15,16). The number of anilines is 1. The molecule has 2 rings (SSSR count). The fraction of sp³-hybridized carbons (Fsp3) is 0.182. The van der Waals surface area contributed by atoms with Crippen LogP contribution in [0.2, 0.25) is 0 Å². The summed E-state index contributed by atoms with van der Waals surface area (Å²) in [4.78, 5) is -0.398. The van der Waals surface area contributed by atoms with Gasteiger partial charge in [0.1, 0.15) is 0 Å². The highest BCUT2D eigenvalue weighted by Crippen LogP contribution is 2.19. The Morgan fingerprint density at radius 1 is 1.35 bits per heavy atom. The number of nitrogens with two attached hydrogens (primary N) is 1. The molecule has 9 heteroatoms. The van der Waals surface area contributed by atoms with E-state index in [0.717, 1.165) is 12.1 Å². The SMILES string of the molecule is Cn1cc(CN)c(NS(=O)(=O)c2ccc(F)c(F)c2)n1. The van der Waals surface area contributed by atoms with Crippen LogP contribution >= 0.6 is 0 Å². The number of aryl methyl sites for hydroxylation is 1. The lowest BCUT2D eigenvalue weighted by atomic mass is 10.3. The zero-order valence-corrected chi connectivity index (χ0v) is 11.3. The van der Waals surface area contributed by atoms with E-state index in [0.29, 0.717) is 11.6 Å². The minimum Gasteiger partial charge on any atom is -0.326 e. The summed E-state index contributed by atoms with van der Waals surface area (Å²) in [7, 11) is -2.45. The van der Waals surface area contributed by atoms with Crippen LogP contribution in [0.1, 0.15) is 5.56 Å². The van der Waals surface area contributed by atoms with Gasteiger partial charge < -0.3 is 5.73 Å². The summed E-state index contributed by atoms with van der Waals surface area (Å²) in [6.07, 6.45) is 1.56. The number of benzene rings is 1. The van der Waals surface area contributed by atoms with Gasteiger partial charge in [0.25, 0.3) is 10.0 Å². The van der Waals surface area contributed by atoms with Gasteiger partial charge in [-0.1, -0.05) is 0 Å². The average molecular weight is 302 g/mol. The summed E-state index contributed by atoms with van der Waals surface area (Å²) in [5.74, 6) is -2.31. The van der Waals surface area contributed by atoms with Crippen molar-refractivity contribution in [2.45, 2.75) is 11.4 Å². The second-order valence-corrected chi connectivity index (χ2v) is 5.74. The summed E-state index contributed by atoms with van der Waals surface area (Å²) in [5.41, 5.74) is 5.95. The monoisotopic (exact) mass is 302 g/mol. The lowest BCUT2D eigenvalue weighted by Gasteiger charge is -2.07. The Bertz CT molecular complexity index is 743. The highest BCUT2D eigenvalue weighted by Gasteiger charge is 2.19. The minimum atomic E-state index is -4.06. The van der Waals surface area contributed by atoms with Crippen molar-refractivity contribution in [2.24, 2.45) is 12.8 Å². The molecule has 1 aromatic carbocycles. The molecule has 6 nitrogen and oxygen atoms in total. The fourth-order valence-electron chi connectivity index (χ4n) is 1.60. The normalized spacial score (nSPS) is 11.6. The number of nitrogens with zero attached hydrogens (tertiary/aromatic N) is 2. The van der Waals surface area contributed by atoms with E-state index in [1.807, 2.05) is 0 Å². The lowest BCUT2D eigenvalue weighted by molar-refractivity contribution is 0.504. The summed E-state index contributed by atoms with van der Waals surface area (Å²) < 4.78 is 53.6. The molecular weight excluding hydrogens is 290 g/mol. The molecule has 0 saturated carbocycles. The van der Waals surface area contributed by atoms with Crippen LogP contribution in [0, 0.1) is 11.6 Å². The first-order chi connectivity index (χ1) is 9.33. The van der Waals surface area contributed by atoms with Gasteiger partial charge in [0.2, 0.25) is 0 Å². The van der Waals surface area contributed by atoms with Crippen molar-refractivity contribution < 1.29 is 17.2 Å². The number of hydrogen-bond donors (Lipinski definition) is 2. The Balaban J connectivity index is 2.37. The predicted molar refractivity (Wildman–Crippen MR) is 68.3 cm³/mol. The van der Waals surface area contributed by atoms with Gasteiger partial charge in [0.15, 0.2) is 17.5 Å². The number of aromatic nitrogens is 2. The van der Waals surface area contributed by atoms with Crippen molar-refractivity contribution >= 4 is 15.8 Å². The Labute approximate surface area is 114 Å². The fourth-order valence-corrected chi connectivity index (χ4v) is 2.65. The molecule has 0 aliphatic heterocycles. The number of rotatable bonds is 4. The van der Waals surface area contributed by atoms with E-state index in [4.69, 9.17) is 5.73 Å². The van der Waals surface area contributed by atoms with E-state index in [-0.39, 0.29) is 12.4 Å². The van der Waals surface area contributed by atoms with Crippen LogP contribution in [0.3, 0.4) is 0 Å². The van der Waals surface area contributed by atoms with Crippen molar-refractivity contribution in [1.82, 2.24) is 9.78 Å². The zero-order chi connectivity index (χ0) is 14.9. The largest absolute Gasteiger partial charge is 0.326 e. The topological polar surface area (TPSA) is 90.0 Å². The van der Waals surface area contributed by atoms with Gasteiger partial charge in [-0.15, -0.1) is 0 Å². The third-order valence-corrected chi connectivity index (χ3v) is 3.89. The quantitative estimate of drug-likeness (QED) is 0.880. The van der Waals surface area contributed by atoms with Crippen molar-refractivity contribution in [3.05, 3.63) is 41.6 Å². The first-order valence-electron chi connectivity index (χ1n) is 5.54. The van der Waals surface area contributed by atoms with Crippen LogP contribution in [0.25, 0.3) is 0 Å². The highest BCUT2D eigenvalue weighted by molar-refractivity contribution is 7.92. The summed E-state index contributed by atoms with van der Waals surface area (Å²) >= 11 is 0. The maximum absolute atomic E-state index is 13.1. The van der Waals surface area contributed by atoms with Crippen molar-refractivity contribution in [1.29, 1.82) is 0 Å². The third kappa shape index (κ3) is 2.78. The molecule has 1 heterocycles. The molecule has 1 aromatic heterocycles. The van der Waals surface area contributed by atoms with Crippen molar-refractivity contribution in [2.75, 3.05) is 4.72 Å². The van der Waals surface area contributed by atoms with Crippen molar-refractivity contribution in [3.63, 3.8) is 0 Å². The molecule has 0 amide bonds. The molecule has 0 aliphatic carbocycles.